The van der Waals surface area contributed by atoms with E-state index in [2.05, 4.69) is 4.72 Å². The van der Waals surface area contributed by atoms with Gasteiger partial charge in [-0.3, -0.25) is 4.79 Å². The number of hydrogen-bond acceptors (Lipinski definition) is 4. The molecular formula is C10H21N3O4S. The maximum atomic E-state index is 11.9. The number of amides is 1. The molecule has 0 aromatic rings. The quantitative estimate of drug-likeness (QED) is 0.678. The van der Waals surface area contributed by atoms with Gasteiger partial charge in [0.2, 0.25) is 5.91 Å². The second kappa shape index (κ2) is 6.46. The van der Waals surface area contributed by atoms with Gasteiger partial charge in [0.05, 0.1) is 6.10 Å². The van der Waals surface area contributed by atoms with Crippen molar-refractivity contribution in [2.75, 3.05) is 39.8 Å². The van der Waals surface area contributed by atoms with Crippen LogP contribution in [0.1, 0.15) is 13.8 Å². The van der Waals surface area contributed by atoms with E-state index in [1.165, 1.54) is 4.31 Å². The van der Waals surface area contributed by atoms with Crippen LogP contribution in [0.15, 0.2) is 0 Å². The molecule has 0 bridgehead atoms. The summed E-state index contributed by atoms with van der Waals surface area (Å²) in [6, 6.07) is 0. The summed E-state index contributed by atoms with van der Waals surface area (Å²) in [7, 11) is -1.78. The Hall–Kier alpha value is -0.700. The Kier molecular flexibility index (Phi) is 5.51. The van der Waals surface area contributed by atoms with Gasteiger partial charge in [0, 0.05) is 33.2 Å². The van der Waals surface area contributed by atoms with Crippen molar-refractivity contribution in [3.05, 3.63) is 0 Å². The molecular weight excluding hydrogens is 258 g/mol. The molecule has 0 aromatic heterocycles. The Morgan fingerprint density at radius 1 is 1.44 bits per heavy atom. The van der Waals surface area contributed by atoms with Crippen molar-refractivity contribution in [2.24, 2.45) is 0 Å². The largest absolute Gasteiger partial charge is 0.365 e. The van der Waals surface area contributed by atoms with E-state index in [9.17, 15) is 13.2 Å². The minimum absolute atomic E-state index is 0.00810. The monoisotopic (exact) mass is 279 g/mol. The third-order valence-corrected chi connectivity index (χ3v) is 4.61. The lowest BCUT2D eigenvalue weighted by molar-refractivity contribution is -0.146. The topological polar surface area (TPSA) is 79.0 Å². The van der Waals surface area contributed by atoms with E-state index in [1.807, 2.05) is 0 Å². The first-order valence-corrected chi connectivity index (χ1v) is 7.45. The molecule has 1 aliphatic heterocycles. The van der Waals surface area contributed by atoms with Gasteiger partial charge in [-0.2, -0.15) is 17.4 Å². The second-order valence-electron chi connectivity index (χ2n) is 4.15. The highest BCUT2D eigenvalue weighted by Crippen LogP contribution is 2.04. The SMILES string of the molecule is CCN(CC)S(=O)(=O)NCC1CN(C)C(=O)CO1. The van der Waals surface area contributed by atoms with Crippen LogP contribution in [0.25, 0.3) is 0 Å². The van der Waals surface area contributed by atoms with Gasteiger partial charge in [-0.15, -0.1) is 0 Å². The van der Waals surface area contributed by atoms with E-state index in [0.717, 1.165) is 0 Å². The summed E-state index contributed by atoms with van der Waals surface area (Å²) in [4.78, 5) is 12.7. The second-order valence-corrected chi connectivity index (χ2v) is 5.90. The van der Waals surface area contributed by atoms with Gasteiger partial charge >= 0.3 is 0 Å². The van der Waals surface area contributed by atoms with E-state index in [-0.39, 0.29) is 25.2 Å². The van der Waals surface area contributed by atoms with Crippen molar-refractivity contribution in [1.82, 2.24) is 13.9 Å². The standard InChI is InChI=1S/C10H21N3O4S/c1-4-13(5-2)18(15,16)11-6-9-7-12(3)10(14)8-17-9/h9,11H,4-8H2,1-3H3. The lowest BCUT2D eigenvalue weighted by Crippen LogP contribution is -2.50. The number of ether oxygens (including phenoxy) is 1. The molecule has 106 valence electrons. The fraction of sp³-hybridized carbons (Fsp3) is 0.900. The van der Waals surface area contributed by atoms with Crippen LogP contribution in [-0.2, 0) is 19.7 Å². The lowest BCUT2D eigenvalue weighted by Gasteiger charge is -2.30. The van der Waals surface area contributed by atoms with Crippen molar-refractivity contribution in [3.63, 3.8) is 0 Å². The molecule has 0 aromatic carbocycles. The molecule has 8 heteroatoms. The molecule has 7 nitrogen and oxygen atoms in total. The van der Waals surface area contributed by atoms with Gasteiger partial charge in [-0.25, -0.2) is 0 Å². The van der Waals surface area contributed by atoms with Crippen LogP contribution in [0.5, 0.6) is 0 Å². The average Bonchev–Trinajstić information content (AvgIpc) is 2.32. The molecule has 18 heavy (non-hydrogen) atoms. The first kappa shape index (κ1) is 15.4. The van der Waals surface area contributed by atoms with Gasteiger partial charge < -0.3 is 9.64 Å². The Bertz CT molecular complexity index is 381. The number of hydrogen-bond donors (Lipinski definition) is 1. The molecule has 0 aliphatic carbocycles. The third-order valence-electron chi connectivity index (χ3n) is 2.88. The van der Waals surface area contributed by atoms with Crippen molar-refractivity contribution >= 4 is 16.1 Å². The average molecular weight is 279 g/mol. The van der Waals surface area contributed by atoms with Gasteiger partial charge in [-0.1, -0.05) is 13.8 Å². The molecule has 1 unspecified atom stereocenters. The molecule has 0 spiro atoms. The molecule has 1 amide bonds. The molecule has 0 radical (unpaired) electrons. The zero-order valence-corrected chi connectivity index (χ0v) is 11.9. The molecule has 0 saturated carbocycles. The van der Waals surface area contributed by atoms with E-state index >= 15 is 0 Å². The molecule has 1 rings (SSSR count). The highest BCUT2D eigenvalue weighted by Gasteiger charge is 2.26. The first-order valence-electron chi connectivity index (χ1n) is 6.01. The summed E-state index contributed by atoms with van der Waals surface area (Å²) in [5.41, 5.74) is 0. The van der Waals surface area contributed by atoms with E-state index < -0.39 is 10.2 Å². The minimum atomic E-state index is -3.45. The summed E-state index contributed by atoms with van der Waals surface area (Å²) in [6.45, 7) is 5.01. The van der Waals surface area contributed by atoms with Gasteiger partial charge in [0.1, 0.15) is 6.61 Å². The molecule has 1 saturated heterocycles. The predicted octanol–water partition coefficient (Wildman–Crippen LogP) is -0.980. The molecule has 1 heterocycles. The Morgan fingerprint density at radius 2 is 2.06 bits per heavy atom. The van der Waals surface area contributed by atoms with Crippen LogP contribution in [0.2, 0.25) is 0 Å². The van der Waals surface area contributed by atoms with Crippen molar-refractivity contribution in [3.8, 4) is 0 Å². The Balaban J connectivity index is 2.48. The summed E-state index contributed by atoms with van der Waals surface area (Å²) < 4.78 is 32.8. The summed E-state index contributed by atoms with van der Waals surface area (Å²) in [5, 5.41) is 0. The summed E-state index contributed by atoms with van der Waals surface area (Å²) in [5.74, 6) is -0.0853. The van der Waals surface area contributed by atoms with E-state index in [0.29, 0.717) is 19.6 Å². The van der Waals surface area contributed by atoms with Crippen LogP contribution < -0.4 is 4.72 Å². The fourth-order valence-electron chi connectivity index (χ4n) is 1.74. The van der Waals surface area contributed by atoms with Crippen LogP contribution in [-0.4, -0.2) is 69.5 Å². The Morgan fingerprint density at radius 3 is 2.56 bits per heavy atom. The van der Waals surface area contributed by atoms with Crippen molar-refractivity contribution < 1.29 is 17.9 Å². The fourth-order valence-corrected chi connectivity index (χ4v) is 2.99. The summed E-state index contributed by atoms with van der Waals surface area (Å²) in [6.07, 6.45) is -0.293. The normalized spacial score (nSPS) is 21.7. The number of likely N-dealkylation sites (N-methyl/N-ethyl adjacent to an activating group) is 1. The predicted molar refractivity (Wildman–Crippen MR) is 67.2 cm³/mol. The van der Waals surface area contributed by atoms with Crippen LogP contribution in [0.4, 0.5) is 0 Å². The summed E-state index contributed by atoms with van der Waals surface area (Å²) >= 11 is 0. The number of carbonyl (C=O) groups excluding carboxylic acids is 1. The Labute approximate surface area is 108 Å². The number of nitrogens with zero attached hydrogens (tertiary/aromatic N) is 2. The lowest BCUT2D eigenvalue weighted by atomic mass is 10.3. The minimum Gasteiger partial charge on any atom is -0.365 e. The van der Waals surface area contributed by atoms with Crippen LogP contribution >= 0.6 is 0 Å². The molecule has 1 atom stereocenters. The third kappa shape index (κ3) is 3.91. The highest BCUT2D eigenvalue weighted by atomic mass is 32.2. The highest BCUT2D eigenvalue weighted by molar-refractivity contribution is 7.87. The van der Waals surface area contributed by atoms with Crippen LogP contribution in [0, 0.1) is 0 Å². The number of carbonyl (C=O) groups is 1. The maximum Gasteiger partial charge on any atom is 0.279 e. The van der Waals surface area contributed by atoms with Gasteiger partial charge in [0.25, 0.3) is 10.2 Å². The molecule has 1 N–H and O–H groups in total. The zero-order valence-electron chi connectivity index (χ0n) is 11.0. The van der Waals surface area contributed by atoms with Crippen molar-refractivity contribution in [2.45, 2.75) is 20.0 Å². The smallest absolute Gasteiger partial charge is 0.279 e. The molecule has 1 aliphatic rings. The van der Waals surface area contributed by atoms with E-state index in [1.54, 1.807) is 25.8 Å². The number of morpholine rings is 1. The zero-order chi connectivity index (χ0) is 13.8. The maximum absolute atomic E-state index is 11.9. The van der Waals surface area contributed by atoms with Gasteiger partial charge in [0.15, 0.2) is 0 Å². The van der Waals surface area contributed by atoms with Gasteiger partial charge in [-0.05, 0) is 0 Å². The molecule has 1 fully saturated rings. The van der Waals surface area contributed by atoms with Crippen LogP contribution in [0.3, 0.4) is 0 Å². The number of rotatable bonds is 6. The first-order chi connectivity index (χ1) is 8.40. The number of nitrogens with one attached hydrogen (secondary N) is 1. The van der Waals surface area contributed by atoms with E-state index in [4.69, 9.17) is 4.74 Å². The van der Waals surface area contributed by atoms with Crippen molar-refractivity contribution in [1.29, 1.82) is 0 Å².